The fraction of sp³-hybridized carbons (Fsp3) is 0.125. The van der Waals surface area contributed by atoms with Gasteiger partial charge in [0.05, 0.1) is 4.90 Å². The molecule has 15 heavy (non-hydrogen) atoms. The monoisotopic (exact) mass is 341 g/mol. The van der Waals surface area contributed by atoms with E-state index >= 15 is 0 Å². The molecule has 0 bridgehead atoms. The van der Waals surface area contributed by atoms with E-state index in [1.807, 2.05) is 27.3 Å². The third-order valence-corrected chi connectivity index (χ3v) is 3.67. The number of aliphatic carboxylic acids is 1. The van der Waals surface area contributed by atoms with Crippen molar-refractivity contribution in [3.63, 3.8) is 0 Å². The highest BCUT2D eigenvalue weighted by Gasteiger charge is 2.14. The number of sulfonamides is 1. The summed E-state index contributed by atoms with van der Waals surface area (Å²) in [6, 6.07) is 6.11. The highest BCUT2D eigenvalue weighted by atomic mass is 127. The molecule has 0 saturated carbocycles. The highest BCUT2D eigenvalue weighted by Crippen LogP contribution is 2.11. The maximum Gasteiger partial charge on any atom is 0.318 e. The zero-order valence-electron chi connectivity index (χ0n) is 7.47. The minimum absolute atomic E-state index is 0.0594. The zero-order valence-corrected chi connectivity index (χ0v) is 10.4. The number of carboxylic acid groups (broad SMARTS) is 1. The van der Waals surface area contributed by atoms with Crippen molar-refractivity contribution in [3.8, 4) is 0 Å². The van der Waals surface area contributed by atoms with Crippen LogP contribution in [0.1, 0.15) is 0 Å². The normalized spacial score (nSPS) is 11.3. The molecule has 0 spiro atoms. The molecule has 0 aromatic heterocycles. The lowest BCUT2D eigenvalue weighted by Crippen LogP contribution is -2.29. The Balaban J connectivity index is 2.87. The Morgan fingerprint density at radius 3 is 2.33 bits per heavy atom. The first kappa shape index (κ1) is 12.4. The van der Waals surface area contributed by atoms with Crippen molar-refractivity contribution in [1.82, 2.24) is 4.72 Å². The minimum Gasteiger partial charge on any atom is -0.480 e. The van der Waals surface area contributed by atoms with Crippen molar-refractivity contribution >= 4 is 38.6 Å². The number of benzene rings is 1. The molecule has 2 N–H and O–H groups in total. The third-order valence-electron chi connectivity index (χ3n) is 1.54. The molecule has 1 rings (SSSR count). The SMILES string of the molecule is O=C(O)CNS(=O)(=O)c1ccc(I)cc1. The summed E-state index contributed by atoms with van der Waals surface area (Å²) >= 11 is 2.05. The van der Waals surface area contributed by atoms with Gasteiger partial charge in [0, 0.05) is 3.57 Å². The largest absolute Gasteiger partial charge is 0.480 e. The Bertz CT molecular complexity index is 454. The van der Waals surface area contributed by atoms with Gasteiger partial charge in [-0.3, -0.25) is 4.79 Å². The van der Waals surface area contributed by atoms with Gasteiger partial charge in [0.2, 0.25) is 10.0 Å². The molecule has 82 valence electrons. The van der Waals surface area contributed by atoms with Crippen LogP contribution in [0.5, 0.6) is 0 Å². The lowest BCUT2D eigenvalue weighted by atomic mass is 10.4. The van der Waals surface area contributed by atoms with E-state index in [9.17, 15) is 13.2 Å². The molecule has 0 aliphatic carbocycles. The average Bonchev–Trinajstić information content (AvgIpc) is 2.16. The molecule has 1 aromatic carbocycles. The van der Waals surface area contributed by atoms with Crippen molar-refractivity contribution < 1.29 is 18.3 Å². The first-order chi connectivity index (χ1) is 6.92. The number of halogens is 1. The van der Waals surface area contributed by atoms with E-state index in [0.717, 1.165) is 3.57 Å². The number of hydrogen-bond donors (Lipinski definition) is 2. The van der Waals surface area contributed by atoms with E-state index in [1.54, 1.807) is 12.1 Å². The van der Waals surface area contributed by atoms with E-state index in [4.69, 9.17) is 5.11 Å². The molecule has 0 amide bonds. The van der Waals surface area contributed by atoms with E-state index in [1.165, 1.54) is 12.1 Å². The molecule has 0 aliphatic heterocycles. The average molecular weight is 341 g/mol. The predicted molar refractivity (Wildman–Crippen MR) is 62.0 cm³/mol. The topological polar surface area (TPSA) is 83.5 Å². The standard InChI is InChI=1S/C8H8INO4S/c9-6-1-3-7(4-2-6)15(13,14)10-5-8(11)12/h1-4,10H,5H2,(H,11,12). The maximum absolute atomic E-state index is 11.5. The Morgan fingerprint density at radius 2 is 1.87 bits per heavy atom. The lowest BCUT2D eigenvalue weighted by Gasteiger charge is -2.03. The van der Waals surface area contributed by atoms with Crippen molar-refractivity contribution in [2.45, 2.75) is 4.90 Å². The molecule has 0 atom stereocenters. The van der Waals surface area contributed by atoms with Gasteiger partial charge in [0.1, 0.15) is 6.54 Å². The molecular weight excluding hydrogens is 333 g/mol. The second-order valence-corrected chi connectivity index (χ2v) is 5.68. The van der Waals surface area contributed by atoms with E-state index in [-0.39, 0.29) is 4.90 Å². The Morgan fingerprint density at radius 1 is 1.33 bits per heavy atom. The lowest BCUT2D eigenvalue weighted by molar-refractivity contribution is -0.135. The van der Waals surface area contributed by atoms with Crippen molar-refractivity contribution in [1.29, 1.82) is 0 Å². The van der Waals surface area contributed by atoms with Crippen LogP contribution in [0, 0.1) is 3.57 Å². The molecule has 5 nitrogen and oxygen atoms in total. The van der Waals surface area contributed by atoms with E-state index in [0.29, 0.717) is 0 Å². The molecule has 0 radical (unpaired) electrons. The summed E-state index contributed by atoms with van der Waals surface area (Å²) in [5, 5.41) is 8.34. The molecule has 1 aromatic rings. The van der Waals surface area contributed by atoms with Gasteiger partial charge in [-0.15, -0.1) is 0 Å². The number of hydrogen-bond acceptors (Lipinski definition) is 3. The van der Waals surface area contributed by atoms with Gasteiger partial charge in [-0.1, -0.05) is 0 Å². The number of nitrogens with one attached hydrogen (secondary N) is 1. The Hall–Kier alpha value is -0.670. The first-order valence-electron chi connectivity index (χ1n) is 3.89. The van der Waals surface area contributed by atoms with Crippen LogP contribution in [-0.2, 0) is 14.8 Å². The fourth-order valence-electron chi connectivity index (χ4n) is 0.854. The van der Waals surface area contributed by atoms with Crippen LogP contribution in [0.15, 0.2) is 29.2 Å². The molecule has 0 saturated heterocycles. The van der Waals surface area contributed by atoms with Gasteiger partial charge in [-0.2, -0.15) is 4.72 Å². The maximum atomic E-state index is 11.5. The zero-order chi connectivity index (χ0) is 11.5. The van der Waals surface area contributed by atoms with Crippen LogP contribution in [0.4, 0.5) is 0 Å². The van der Waals surface area contributed by atoms with Crippen LogP contribution < -0.4 is 4.72 Å². The molecule has 0 aliphatic rings. The summed E-state index contributed by atoms with van der Waals surface area (Å²) in [6.07, 6.45) is 0. The van der Waals surface area contributed by atoms with Gasteiger partial charge in [0.25, 0.3) is 0 Å². The molecular formula is C8H8INO4S. The van der Waals surface area contributed by atoms with Gasteiger partial charge in [-0.05, 0) is 46.9 Å². The van der Waals surface area contributed by atoms with E-state index < -0.39 is 22.5 Å². The van der Waals surface area contributed by atoms with Crippen LogP contribution >= 0.6 is 22.6 Å². The predicted octanol–water partition coefficient (Wildman–Crippen LogP) is 0.654. The minimum atomic E-state index is -3.71. The summed E-state index contributed by atoms with van der Waals surface area (Å²) in [6.45, 7) is -0.617. The van der Waals surface area contributed by atoms with Crippen LogP contribution in [-0.4, -0.2) is 26.0 Å². The van der Waals surface area contributed by atoms with Crippen LogP contribution in [0.25, 0.3) is 0 Å². The Kier molecular flexibility index (Phi) is 4.05. The van der Waals surface area contributed by atoms with Crippen LogP contribution in [0.2, 0.25) is 0 Å². The third kappa shape index (κ3) is 3.76. The summed E-state index contributed by atoms with van der Waals surface area (Å²) in [4.78, 5) is 10.3. The van der Waals surface area contributed by atoms with Gasteiger partial charge < -0.3 is 5.11 Å². The van der Waals surface area contributed by atoms with E-state index in [2.05, 4.69) is 0 Å². The highest BCUT2D eigenvalue weighted by molar-refractivity contribution is 14.1. The summed E-state index contributed by atoms with van der Waals surface area (Å²) in [7, 11) is -3.71. The van der Waals surface area contributed by atoms with Crippen LogP contribution in [0.3, 0.4) is 0 Å². The summed E-state index contributed by atoms with van der Waals surface area (Å²) in [5.41, 5.74) is 0. The molecule has 0 fully saturated rings. The van der Waals surface area contributed by atoms with Gasteiger partial charge >= 0.3 is 5.97 Å². The molecule has 7 heteroatoms. The quantitative estimate of drug-likeness (QED) is 0.788. The fourth-order valence-corrected chi connectivity index (χ4v) is 2.19. The second-order valence-electron chi connectivity index (χ2n) is 2.67. The van der Waals surface area contributed by atoms with Crippen molar-refractivity contribution in [2.24, 2.45) is 0 Å². The summed E-state index contributed by atoms with van der Waals surface area (Å²) in [5.74, 6) is -1.22. The van der Waals surface area contributed by atoms with Gasteiger partial charge in [-0.25, -0.2) is 8.42 Å². The first-order valence-corrected chi connectivity index (χ1v) is 6.45. The van der Waals surface area contributed by atoms with Crippen molar-refractivity contribution in [3.05, 3.63) is 27.8 Å². The Labute approximate surface area is 101 Å². The van der Waals surface area contributed by atoms with Gasteiger partial charge in [0.15, 0.2) is 0 Å². The number of carbonyl (C=O) groups is 1. The smallest absolute Gasteiger partial charge is 0.318 e. The molecule has 0 unspecified atom stereocenters. The summed E-state index contributed by atoms with van der Waals surface area (Å²) < 4.78 is 25.8. The number of rotatable bonds is 4. The molecule has 0 heterocycles. The number of carboxylic acids is 1. The van der Waals surface area contributed by atoms with Crippen molar-refractivity contribution in [2.75, 3.05) is 6.54 Å². The second kappa shape index (κ2) is 4.90.